The van der Waals surface area contributed by atoms with Gasteiger partial charge >= 0.3 is 6.36 Å². The molecule has 1 aromatic heterocycles. The normalized spacial score (nSPS) is 11.2. The first-order valence-corrected chi connectivity index (χ1v) is 5.69. The van der Waals surface area contributed by atoms with Crippen molar-refractivity contribution in [2.24, 2.45) is 5.73 Å². The molecule has 4 N–H and O–H groups in total. The van der Waals surface area contributed by atoms with Crippen molar-refractivity contribution < 1.29 is 22.7 Å². The van der Waals surface area contributed by atoms with Crippen LogP contribution in [0.3, 0.4) is 0 Å². The molecule has 0 saturated heterocycles. The predicted octanol–water partition coefficient (Wildman–Crippen LogP) is 2.33. The first-order valence-electron chi connectivity index (χ1n) is 5.69. The van der Waals surface area contributed by atoms with Crippen LogP contribution in [0.1, 0.15) is 10.5 Å². The summed E-state index contributed by atoms with van der Waals surface area (Å²) in [5.74, 6) is -1.14. The monoisotopic (exact) mass is 297 g/mol. The Morgan fingerprint density at radius 1 is 1.10 bits per heavy atom. The largest absolute Gasteiger partial charge is 0.573 e. The van der Waals surface area contributed by atoms with E-state index in [4.69, 9.17) is 11.5 Å². The van der Waals surface area contributed by atoms with E-state index >= 15 is 0 Å². The molecule has 0 aliphatic heterocycles. The van der Waals surface area contributed by atoms with Gasteiger partial charge in [0.25, 0.3) is 5.91 Å². The summed E-state index contributed by atoms with van der Waals surface area (Å²) in [6.07, 6.45) is -4.75. The first-order chi connectivity index (χ1) is 9.76. The Bertz CT molecular complexity index is 669. The molecule has 0 aliphatic rings. The minimum Gasteiger partial charge on any atom is -0.406 e. The summed E-state index contributed by atoms with van der Waals surface area (Å²) in [4.78, 5) is 15.1. The summed E-state index contributed by atoms with van der Waals surface area (Å²) in [5.41, 5.74) is 11.6. The van der Waals surface area contributed by atoms with Crippen LogP contribution in [-0.4, -0.2) is 17.3 Å². The third-order valence-corrected chi connectivity index (χ3v) is 2.54. The molecule has 1 amide bonds. The van der Waals surface area contributed by atoms with E-state index in [0.29, 0.717) is 11.3 Å². The van der Waals surface area contributed by atoms with E-state index in [1.807, 2.05) is 0 Å². The number of hydrogen-bond acceptors (Lipinski definition) is 4. The van der Waals surface area contributed by atoms with Crippen molar-refractivity contribution in [2.45, 2.75) is 6.36 Å². The van der Waals surface area contributed by atoms with Crippen LogP contribution in [0.25, 0.3) is 11.3 Å². The first kappa shape index (κ1) is 14.6. The number of nitrogen functional groups attached to an aromatic ring is 1. The van der Waals surface area contributed by atoms with Gasteiger partial charge in [-0.25, -0.2) is 4.98 Å². The molecule has 0 radical (unpaired) electrons. The minimum atomic E-state index is -4.75. The van der Waals surface area contributed by atoms with Crippen LogP contribution in [0.4, 0.5) is 18.9 Å². The second-order valence-electron chi connectivity index (χ2n) is 4.07. The van der Waals surface area contributed by atoms with E-state index in [9.17, 15) is 18.0 Å². The lowest BCUT2D eigenvalue weighted by atomic mass is 10.1. The van der Waals surface area contributed by atoms with Crippen molar-refractivity contribution in [1.29, 1.82) is 0 Å². The molecule has 0 unspecified atom stereocenters. The fraction of sp³-hybridized carbons (Fsp3) is 0.0769. The molecule has 0 spiro atoms. The van der Waals surface area contributed by atoms with Gasteiger partial charge in [0.15, 0.2) is 5.69 Å². The number of rotatable bonds is 3. The van der Waals surface area contributed by atoms with E-state index in [1.165, 1.54) is 24.3 Å². The summed E-state index contributed by atoms with van der Waals surface area (Å²) in [6, 6.07) is 8.02. The molecular formula is C13H10F3N3O2. The van der Waals surface area contributed by atoms with E-state index in [1.54, 1.807) is 0 Å². The average molecular weight is 297 g/mol. The van der Waals surface area contributed by atoms with Crippen LogP contribution >= 0.6 is 0 Å². The van der Waals surface area contributed by atoms with Crippen molar-refractivity contribution in [1.82, 2.24) is 4.98 Å². The molecule has 5 nitrogen and oxygen atoms in total. The maximum absolute atomic E-state index is 12.1. The smallest absolute Gasteiger partial charge is 0.406 e. The minimum absolute atomic E-state index is 0.0943. The molecule has 2 aromatic rings. The van der Waals surface area contributed by atoms with Crippen LogP contribution < -0.4 is 16.2 Å². The fourth-order valence-corrected chi connectivity index (χ4v) is 1.66. The van der Waals surface area contributed by atoms with Gasteiger partial charge in [-0.05, 0) is 36.4 Å². The highest BCUT2D eigenvalue weighted by molar-refractivity contribution is 5.96. The van der Waals surface area contributed by atoms with Crippen LogP contribution in [0.2, 0.25) is 0 Å². The zero-order valence-electron chi connectivity index (χ0n) is 10.5. The summed E-state index contributed by atoms with van der Waals surface area (Å²) >= 11 is 0. The Kier molecular flexibility index (Phi) is 3.70. The lowest BCUT2D eigenvalue weighted by molar-refractivity contribution is -0.274. The Labute approximate surface area is 117 Å². The maximum atomic E-state index is 12.1. The number of anilines is 1. The number of nitrogens with zero attached hydrogens (tertiary/aromatic N) is 1. The van der Waals surface area contributed by atoms with Crippen LogP contribution in [0.5, 0.6) is 5.75 Å². The molecule has 0 fully saturated rings. The Morgan fingerprint density at radius 3 is 2.24 bits per heavy atom. The van der Waals surface area contributed by atoms with Gasteiger partial charge in [0, 0.05) is 5.56 Å². The standard InChI is InChI=1S/C13H10F3N3O2/c14-13(15,16)21-8-3-1-7(2-4-8)10-6-5-9(17)11(19-10)12(18)20/h1-6H,17H2,(H2,18,20). The molecule has 1 aromatic carbocycles. The molecule has 21 heavy (non-hydrogen) atoms. The number of halogens is 3. The number of benzene rings is 1. The number of carbonyl (C=O) groups is 1. The van der Waals surface area contributed by atoms with Crippen LogP contribution in [0.15, 0.2) is 36.4 Å². The molecular weight excluding hydrogens is 287 g/mol. The quantitative estimate of drug-likeness (QED) is 0.909. The lowest BCUT2D eigenvalue weighted by Crippen LogP contribution is -2.17. The van der Waals surface area contributed by atoms with Gasteiger partial charge in [-0.1, -0.05) is 0 Å². The highest BCUT2D eigenvalue weighted by Gasteiger charge is 2.30. The zero-order chi connectivity index (χ0) is 15.6. The van der Waals surface area contributed by atoms with E-state index < -0.39 is 12.3 Å². The fourth-order valence-electron chi connectivity index (χ4n) is 1.66. The van der Waals surface area contributed by atoms with E-state index in [-0.39, 0.29) is 17.1 Å². The number of nitrogens with two attached hydrogens (primary N) is 2. The van der Waals surface area contributed by atoms with Gasteiger partial charge in [0.2, 0.25) is 0 Å². The number of hydrogen-bond donors (Lipinski definition) is 2. The van der Waals surface area contributed by atoms with Gasteiger partial charge in [-0.15, -0.1) is 13.2 Å². The molecule has 1 heterocycles. The highest BCUT2D eigenvalue weighted by Crippen LogP contribution is 2.26. The third kappa shape index (κ3) is 3.62. The van der Waals surface area contributed by atoms with Crippen LogP contribution in [0, 0.1) is 0 Å². The topological polar surface area (TPSA) is 91.2 Å². The molecule has 0 bridgehead atoms. The molecule has 0 saturated carbocycles. The molecule has 0 atom stereocenters. The zero-order valence-corrected chi connectivity index (χ0v) is 10.5. The molecule has 2 rings (SSSR count). The van der Waals surface area contributed by atoms with Crippen molar-refractivity contribution in [2.75, 3.05) is 5.73 Å². The van der Waals surface area contributed by atoms with Gasteiger partial charge in [0.1, 0.15) is 5.75 Å². The van der Waals surface area contributed by atoms with Crippen molar-refractivity contribution in [3.8, 4) is 17.0 Å². The molecule has 110 valence electrons. The maximum Gasteiger partial charge on any atom is 0.573 e. The number of aromatic nitrogens is 1. The predicted molar refractivity (Wildman–Crippen MR) is 69.3 cm³/mol. The van der Waals surface area contributed by atoms with E-state index in [2.05, 4.69) is 9.72 Å². The number of carbonyl (C=O) groups excluding carboxylic acids is 1. The summed E-state index contributed by atoms with van der Waals surface area (Å²) in [6.45, 7) is 0. The number of primary amides is 1. The molecule has 0 aliphatic carbocycles. The summed E-state index contributed by atoms with van der Waals surface area (Å²) < 4.78 is 39.9. The number of ether oxygens (including phenoxy) is 1. The van der Waals surface area contributed by atoms with Gasteiger partial charge in [-0.3, -0.25) is 4.79 Å². The average Bonchev–Trinajstić information content (AvgIpc) is 2.38. The SMILES string of the molecule is NC(=O)c1nc(-c2ccc(OC(F)(F)F)cc2)ccc1N. The number of pyridine rings is 1. The second kappa shape index (κ2) is 5.31. The second-order valence-corrected chi connectivity index (χ2v) is 4.07. The Morgan fingerprint density at radius 2 is 1.71 bits per heavy atom. The van der Waals surface area contributed by atoms with Gasteiger partial charge < -0.3 is 16.2 Å². The number of alkyl halides is 3. The molecule has 8 heteroatoms. The van der Waals surface area contributed by atoms with Crippen molar-refractivity contribution in [3.63, 3.8) is 0 Å². The van der Waals surface area contributed by atoms with Crippen molar-refractivity contribution in [3.05, 3.63) is 42.1 Å². The Hall–Kier alpha value is -2.77. The summed E-state index contributed by atoms with van der Waals surface area (Å²) in [5, 5.41) is 0. The number of amides is 1. The van der Waals surface area contributed by atoms with Crippen LogP contribution in [-0.2, 0) is 0 Å². The highest BCUT2D eigenvalue weighted by atomic mass is 19.4. The summed E-state index contributed by atoms with van der Waals surface area (Å²) in [7, 11) is 0. The third-order valence-electron chi connectivity index (χ3n) is 2.54. The van der Waals surface area contributed by atoms with E-state index in [0.717, 1.165) is 12.1 Å². The lowest BCUT2D eigenvalue weighted by Gasteiger charge is -2.09. The van der Waals surface area contributed by atoms with Gasteiger partial charge in [-0.2, -0.15) is 0 Å². The Balaban J connectivity index is 2.31. The van der Waals surface area contributed by atoms with Crippen molar-refractivity contribution >= 4 is 11.6 Å². The van der Waals surface area contributed by atoms with Gasteiger partial charge in [0.05, 0.1) is 11.4 Å².